The zero-order chi connectivity index (χ0) is 25.1. The summed E-state index contributed by atoms with van der Waals surface area (Å²) in [4.78, 5) is 23.1. The predicted molar refractivity (Wildman–Crippen MR) is 125 cm³/mol. The maximum absolute atomic E-state index is 9.10. The molecule has 2 N–H and O–H groups in total. The van der Waals surface area contributed by atoms with Gasteiger partial charge in [0.25, 0.3) is 0 Å². The van der Waals surface area contributed by atoms with Crippen LogP contribution in [0.2, 0.25) is 0 Å². The fourth-order valence-corrected chi connectivity index (χ4v) is 3.65. The summed E-state index contributed by atoms with van der Waals surface area (Å²) in [5.41, 5.74) is 2.35. The number of nitrogens with zero attached hydrogens (tertiary/aromatic N) is 2. The molecule has 0 unspecified atom stereocenters. The van der Waals surface area contributed by atoms with Crippen LogP contribution >= 0.6 is 0 Å². The molecule has 1 saturated heterocycles. The number of carboxylic acid groups (broad SMARTS) is 2. The number of hydrogen-bond donors (Lipinski definition) is 2. The molecule has 10 nitrogen and oxygen atoms in total. The highest BCUT2D eigenvalue weighted by atomic mass is 16.5. The van der Waals surface area contributed by atoms with Crippen LogP contribution < -0.4 is 18.9 Å². The van der Waals surface area contributed by atoms with E-state index in [0.29, 0.717) is 0 Å². The van der Waals surface area contributed by atoms with E-state index in [-0.39, 0.29) is 0 Å². The van der Waals surface area contributed by atoms with E-state index in [2.05, 4.69) is 21.9 Å². The molecule has 0 spiro atoms. The largest absolute Gasteiger partial charge is 0.497 e. The number of carbonyl (C=O) groups is 2. The first-order valence-electron chi connectivity index (χ1n) is 10.6. The SMILES string of the molecule is COc1ccc(CN2CCN(Cc3cccc(OC)c3OC)CC2)c(OC)c1.O=C(O)C(=O)O. The van der Waals surface area contributed by atoms with Gasteiger partial charge < -0.3 is 29.2 Å². The molecule has 0 saturated carbocycles. The maximum Gasteiger partial charge on any atom is 0.414 e. The Morgan fingerprint density at radius 1 is 0.735 bits per heavy atom. The van der Waals surface area contributed by atoms with Crippen molar-refractivity contribution in [2.45, 2.75) is 13.1 Å². The highest BCUT2D eigenvalue weighted by molar-refractivity contribution is 6.27. The van der Waals surface area contributed by atoms with Gasteiger partial charge in [-0.3, -0.25) is 9.80 Å². The molecule has 0 amide bonds. The van der Waals surface area contributed by atoms with Crippen molar-refractivity contribution in [1.82, 2.24) is 9.80 Å². The van der Waals surface area contributed by atoms with Gasteiger partial charge in [0.1, 0.15) is 11.5 Å². The molecule has 34 heavy (non-hydrogen) atoms. The van der Waals surface area contributed by atoms with E-state index in [0.717, 1.165) is 67.8 Å². The van der Waals surface area contributed by atoms with Crippen LogP contribution in [0.1, 0.15) is 11.1 Å². The van der Waals surface area contributed by atoms with Crippen molar-refractivity contribution in [1.29, 1.82) is 0 Å². The number of piperazine rings is 1. The van der Waals surface area contributed by atoms with Crippen molar-refractivity contribution < 1.29 is 38.7 Å². The Labute approximate surface area is 199 Å². The monoisotopic (exact) mass is 476 g/mol. The molecule has 2 aromatic rings. The third-order valence-electron chi connectivity index (χ3n) is 5.41. The molecule has 2 aromatic carbocycles. The third kappa shape index (κ3) is 7.53. The quantitative estimate of drug-likeness (QED) is 0.549. The van der Waals surface area contributed by atoms with Gasteiger partial charge in [-0.05, 0) is 12.1 Å². The Balaban J connectivity index is 0.000000604. The van der Waals surface area contributed by atoms with Crippen LogP contribution in [0.15, 0.2) is 36.4 Å². The van der Waals surface area contributed by atoms with Crippen LogP contribution in [0.4, 0.5) is 0 Å². The van der Waals surface area contributed by atoms with E-state index in [1.807, 2.05) is 24.3 Å². The fourth-order valence-electron chi connectivity index (χ4n) is 3.65. The molecule has 1 fully saturated rings. The normalized spacial score (nSPS) is 13.9. The van der Waals surface area contributed by atoms with Gasteiger partial charge in [-0.25, -0.2) is 9.59 Å². The lowest BCUT2D eigenvalue weighted by molar-refractivity contribution is -0.159. The van der Waals surface area contributed by atoms with Crippen LogP contribution in [0.25, 0.3) is 0 Å². The summed E-state index contributed by atoms with van der Waals surface area (Å²) in [6, 6.07) is 12.1. The first-order valence-corrected chi connectivity index (χ1v) is 10.6. The molecule has 0 bridgehead atoms. The first-order chi connectivity index (χ1) is 16.3. The van der Waals surface area contributed by atoms with Crippen LogP contribution in [0.5, 0.6) is 23.0 Å². The average Bonchev–Trinajstić information content (AvgIpc) is 2.85. The van der Waals surface area contributed by atoms with E-state index in [1.54, 1.807) is 28.4 Å². The Hall–Kier alpha value is -3.50. The second-order valence-corrected chi connectivity index (χ2v) is 7.49. The van der Waals surface area contributed by atoms with Gasteiger partial charge in [-0.15, -0.1) is 0 Å². The fraction of sp³-hybridized carbons (Fsp3) is 0.417. The van der Waals surface area contributed by atoms with Gasteiger partial charge in [0.05, 0.1) is 28.4 Å². The van der Waals surface area contributed by atoms with Gasteiger partial charge in [-0.1, -0.05) is 18.2 Å². The number of aliphatic carboxylic acids is 2. The summed E-state index contributed by atoms with van der Waals surface area (Å²) in [6.07, 6.45) is 0. The van der Waals surface area contributed by atoms with E-state index in [9.17, 15) is 0 Å². The Morgan fingerprint density at radius 3 is 1.76 bits per heavy atom. The summed E-state index contributed by atoms with van der Waals surface area (Å²) in [7, 11) is 6.75. The molecular weight excluding hydrogens is 444 g/mol. The summed E-state index contributed by atoms with van der Waals surface area (Å²) < 4.78 is 21.8. The van der Waals surface area contributed by atoms with Gasteiger partial charge in [0.2, 0.25) is 0 Å². The summed E-state index contributed by atoms with van der Waals surface area (Å²) in [5.74, 6) is -0.341. The number of methoxy groups -OCH3 is 4. The number of hydrogen-bond acceptors (Lipinski definition) is 8. The van der Waals surface area contributed by atoms with Crippen LogP contribution in [0, 0.1) is 0 Å². The van der Waals surface area contributed by atoms with E-state index >= 15 is 0 Å². The van der Waals surface area contributed by atoms with Crippen LogP contribution in [-0.2, 0) is 22.7 Å². The van der Waals surface area contributed by atoms with Crippen molar-refractivity contribution >= 4 is 11.9 Å². The molecule has 1 heterocycles. The molecule has 10 heteroatoms. The number of rotatable bonds is 8. The first kappa shape index (κ1) is 26.7. The van der Waals surface area contributed by atoms with Crippen molar-refractivity contribution in [3.05, 3.63) is 47.5 Å². The van der Waals surface area contributed by atoms with E-state index < -0.39 is 11.9 Å². The Bertz CT molecular complexity index is 946. The minimum Gasteiger partial charge on any atom is -0.497 e. The van der Waals surface area contributed by atoms with Gasteiger partial charge in [0, 0.05) is 56.5 Å². The molecule has 0 aromatic heterocycles. The van der Waals surface area contributed by atoms with E-state index in [4.69, 9.17) is 38.7 Å². The van der Waals surface area contributed by atoms with Crippen molar-refractivity contribution in [2.75, 3.05) is 54.6 Å². The van der Waals surface area contributed by atoms with Gasteiger partial charge in [0.15, 0.2) is 11.5 Å². The molecule has 0 radical (unpaired) electrons. The molecule has 0 aliphatic carbocycles. The van der Waals surface area contributed by atoms with Crippen molar-refractivity contribution in [2.24, 2.45) is 0 Å². The molecule has 1 aliphatic rings. The molecule has 3 rings (SSSR count). The standard InChI is InChI=1S/C22H30N2O4.C2H2O4/c1-25-19-9-8-17(21(14-19)27-3)15-23-10-12-24(13-11-23)16-18-6-5-7-20(26-2)22(18)28-4;3-1(4)2(5)6/h5-9,14H,10-13,15-16H2,1-4H3;(H,3,4)(H,5,6). The molecule has 0 atom stereocenters. The zero-order valence-electron chi connectivity index (χ0n) is 19.9. The zero-order valence-corrected chi connectivity index (χ0v) is 19.9. The number of benzene rings is 2. The van der Waals surface area contributed by atoms with Gasteiger partial charge in [-0.2, -0.15) is 0 Å². The Morgan fingerprint density at radius 2 is 1.29 bits per heavy atom. The number of ether oxygens (including phenoxy) is 4. The third-order valence-corrected chi connectivity index (χ3v) is 5.41. The summed E-state index contributed by atoms with van der Waals surface area (Å²) in [6.45, 7) is 5.80. The average molecular weight is 477 g/mol. The van der Waals surface area contributed by atoms with E-state index in [1.165, 1.54) is 5.56 Å². The van der Waals surface area contributed by atoms with Gasteiger partial charge >= 0.3 is 11.9 Å². The van der Waals surface area contributed by atoms with Crippen LogP contribution in [0.3, 0.4) is 0 Å². The lowest BCUT2D eigenvalue weighted by atomic mass is 10.1. The minimum atomic E-state index is -1.82. The predicted octanol–water partition coefficient (Wildman–Crippen LogP) is 2.19. The van der Waals surface area contributed by atoms with Crippen molar-refractivity contribution in [3.63, 3.8) is 0 Å². The number of para-hydroxylation sites is 1. The van der Waals surface area contributed by atoms with Crippen molar-refractivity contribution in [3.8, 4) is 23.0 Å². The summed E-state index contributed by atoms with van der Waals surface area (Å²) in [5, 5.41) is 14.8. The topological polar surface area (TPSA) is 118 Å². The highest BCUT2D eigenvalue weighted by Crippen LogP contribution is 2.32. The Kier molecular flexibility index (Phi) is 10.4. The minimum absolute atomic E-state index is 0.783. The highest BCUT2D eigenvalue weighted by Gasteiger charge is 2.20. The second-order valence-electron chi connectivity index (χ2n) is 7.49. The lowest BCUT2D eigenvalue weighted by Crippen LogP contribution is -2.45. The molecular formula is C24H32N2O8. The molecule has 186 valence electrons. The van der Waals surface area contributed by atoms with Crippen LogP contribution in [-0.4, -0.2) is 86.6 Å². The molecule has 1 aliphatic heterocycles. The summed E-state index contributed by atoms with van der Waals surface area (Å²) >= 11 is 0. The maximum atomic E-state index is 9.10. The second kappa shape index (κ2) is 13.3. The lowest BCUT2D eigenvalue weighted by Gasteiger charge is -2.35. The number of carboxylic acids is 2. The smallest absolute Gasteiger partial charge is 0.414 e.